The van der Waals surface area contributed by atoms with Gasteiger partial charge in [-0.05, 0) is 85.9 Å². The molecule has 1 heterocycles. The van der Waals surface area contributed by atoms with Crippen LogP contribution in [0.15, 0.2) is 0 Å². The molecule has 0 unspecified atom stereocenters. The molecule has 1 aliphatic heterocycles. The van der Waals surface area contributed by atoms with Gasteiger partial charge in [0, 0.05) is 18.9 Å². The van der Waals surface area contributed by atoms with E-state index in [0.29, 0.717) is 23.0 Å². The van der Waals surface area contributed by atoms with Crippen LogP contribution in [0.3, 0.4) is 0 Å². The van der Waals surface area contributed by atoms with Gasteiger partial charge in [0.1, 0.15) is 5.60 Å². The Kier molecular flexibility index (Phi) is 5.42. The van der Waals surface area contributed by atoms with Crippen LogP contribution in [0.4, 0.5) is 0 Å². The third-order valence-corrected chi connectivity index (χ3v) is 11.6. The molecule has 10 atom stereocenters. The molecule has 4 saturated carbocycles. The highest BCUT2D eigenvalue weighted by Gasteiger charge is 2.76. The van der Waals surface area contributed by atoms with Crippen LogP contribution in [-0.4, -0.2) is 24.9 Å². The molecule has 172 valence electrons. The normalized spacial score (nSPS) is 52.9. The van der Waals surface area contributed by atoms with E-state index < -0.39 is 0 Å². The van der Waals surface area contributed by atoms with Gasteiger partial charge in [-0.15, -0.1) is 0 Å². The lowest BCUT2D eigenvalue weighted by molar-refractivity contribution is -0.121. The van der Waals surface area contributed by atoms with Crippen molar-refractivity contribution in [3.05, 3.63) is 0 Å². The molecule has 0 aromatic carbocycles. The fourth-order valence-electron chi connectivity index (χ4n) is 9.87. The van der Waals surface area contributed by atoms with E-state index in [0.717, 1.165) is 41.9 Å². The van der Waals surface area contributed by atoms with Crippen LogP contribution >= 0.6 is 0 Å². The first-order valence-corrected chi connectivity index (χ1v) is 13.5. The Bertz CT molecular complexity index is 645. The smallest absolute Gasteiger partial charge is 0.103 e. The Morgan fingerprint density at radius 2 is 1.77 bits per heavy atom. The summed E-state index contributed by atoms with van der Waals surface area (Å²) in [5, 5.41) is 0. The van der Waals surface area contributed by atoms with Crippen LogP contribution in [0.1, 0.15) is 105 Å². The lowest BCUT2D eigenvalue weighted by Gasteiger charge is -2.59. The monoisotopic (exact) mass is 416 g/mol. The highest BCUT2D eigenvalue weighted by Crippen LogP contribution is 2.74. The number of hydrogen-bond acceptors (Lipinski definition) is 2. The van der Waals surface area contributed by atoms with E-state index in [-0.39, 0.29) is 5.60 Å². The van der Waals surface area contributed by atoms with Crippen molar-refractivity contribution in [2.75, 3.05) is 7.11 Å². The molecule has 0 N–H and O–H groups in total. The molecule has 5 aliphatic rings. The Morgan fingerprint density at radius 3 is 2.50 bits per heavy atom. The van der Waals surface area contributed by atoms with Crippen LogP contribution in [0.2, 0.25) is 0 Å². The predicted molar refractivity (Wildman–Crippen MR) is 123 cm³/mol. The molecule has 0 amide bonds. The summed E-state index contributed by atoms with van der Waals surface area (Å²) in [4.78, 5) is 0. The number of hydrogen-bond donors (Lipinski definition) is 0. The number of fused-ring (bicyclic) bond motifs is 4. The van der Waals surface area contributed by atoms with Crippen LogP contribution < -0.4 is 0 Å². The standard InChI is InChI=1S/C28H48O2/c1-18(2)8-7-9-19(3)22-10-11-23-21-16-25-28(30-25)17-20(29-6)12-15-27(28,5)24(21)13-14-26(22,23)4/h18-25H,7-17H2,1-6H3/t19-,20-,21+,22-,23+,24+,25+,26-,27-,28+/m1/s1. The average Bonchev–Trinajstić information content (AvgIpc) is 3.28. The number of epoxide rings is 1. The molecule has 30 heavy (non-hydrogen) atoms. The summed E-state index contributed by atoms with van der Waals surface area (Å²) in [6.07, 6.45) is 16.2. The van der Waals surface area contributed by atoms with Crippen LogP contribution in [0.5, 0.6) is 0 Å². The van der Waals surface area contributed by atoms with Gasteiger partial charge in [-0.2, -0.15) is 0 Å². The van der Waals surface area contributed by atoms with Crippen molar-refractivity contribution >= 4 is 0 Å². The number of ether oxygens (including phenoxy) is 2. The van der Waals surface area contributed by atoms with Gasteiger partial charge >= 0.3 is 0 Å². The third-order valence-electron chi connectivity index (χ3n) is 11.6. The molecule has 2 nitrogen and oxygen atoms in total. The zero-order chi connectivity index (χ0) is 21.3. The summed E-state index contributed by atoms with van der Waals surface area (Å²) in [5.74, 6) is 5.48. The second-order valence-corrected chi connectivity index (χ2v) is 13.2. The minimum Gasteiger partial charge on any atom is -0.381 e. The van der Waals surface area contributed by atoms with Crippen molar-refractivity contribution in [3.8, 4) is 0 Å². The minimum absolute atomic E-state index is 0.170. The van der Waals surface area contributed by atoms with E-state index in [2.05, 4.69) is 34.6 Å². The molecular weight excluding hydrogens is 368 g/mol. The number of methoxy groups -OCH3 is 1. The predicted octanol–water partition coefficient (Wildman–Crippen LogP) is 7.25. The van der Waals surface area contributed by atoms with Crippen molar-refractivity contribution in [1.82, 2.24) is 0 Å². The summed E-state index contributed by atoms with van der Waals surface area (Å²) in [5.41, 5.74) is 1.16. The van der Waals surface area contributed by atoms with Gasteiger partial charge in [0.25, 0.3) is 0 Å². The fraction of sp³-hybridized carbons (Fsp3) is 1.00. The first-order valence-electron chi connectivity index (χ1n) is 13.5. The van der Waals surface area contributed by atoms with E-state index in [1.807, 2.05) is 7.11 Å². The molecular formula is C28H48O2. The van der Waals surface area contributed by atoms with Gasteiger partial charge in [-0.3, -0.25) is 0 Å². The molecule has 4 aliphatic carbocycles. The largest absolute Gasteiger partial charge is 0.381 e. The van der Waals surface area contributed by atoms with Gasteiger partial charge < -0.3 is 9.47 Å². The fourth-order valence-corrected chi connectivity index (χ4v) is 9.87. The summed E-state index contributed by atoms with van der Waals surface area (Å²) in [6, 6.07) is 0. The molecule has 5 rings (SSSR count). The highest BCUT2D eigenvalue weighted by atomic mass is 16.6. The Hall–Kier alpha value is -0.0800. The first-order chi connectivity index (χ1) is 14.2. The molecule has 5 fully saturated rings. The molecule has 0 aromatic rings. The summed E-state index contributed by atoms with van der Waals surface area (Å²) >= 11 is 0. The van der Waals surface area contributed by atoms with Crippen molar-refractivity contribution in [2.24, 2.45) is 46.3 Å². The Labute approximate surface area is 186 Å². The van der Waals surface area contributed by atoms with Crippen LogP contribution in [0, 0.1) is 46.3 Å². The highest BCUT2D eigenvalue weighted by molar-refractivity contribution is 5.24. The Balaban J connectivity index is 1.32. The van der Waals surface area contributed by atoms with Gasteiger partial charge in [0.2, 0.25) is 0 Å². The maximum Gasteiger partial charge on any atom is 0.103 e. The van der Waals surface area contributed by atoms with Crippen LogP contribution in [-0.2, 0) is 9.47 Å². The SMILES string of the molecule is CO[C@@H]1CC[C@]2(C)[C@H]3CC[C@]4(C)[C@@H]([C@H](C)CCCC(C)C)CC[C@H]4[C@@H]3C[C@@H]3O[C@@]32C1. The van der Waals surface area contributed by atoms with E-state index >= 15 is 0 Å². The zero-order valence-electron chi connectivity index (χ0n) is 20.7. The number of rotatable bonds is 6. The van der Waals surface area contributed by atoms with Crippen LogP contribution in [0.25, 0.3) is 0 Å². The molecule has 1 saturated heterocycles. The minimum atomic E-state index is 0.170. The van der Waals surface area contributed by atoms with E-state index in [4.69, 9.17) is 9.47 Å². The maximum atomic E-state index is 6.65. The molecule has 0 aromatic heterocycles. The van der Waals surface area contributed by atoms with Gasteiger partial charge in [0.15, 0.2) is 0 Å². The maximum absolute atomic E-state index is 6.65. The quantitative estimate of drug-likeness (QED) is 0.425. The second kappa shape index (κ2) is 7.47. The van der Waals surface area contributed by atoms with Crippen molar-refractivity contribution < 1.29 is 9.47 Å². The third kappa shape index (κ3) is 3.01. The molecule has 0 bridgehead atoms. The van der Waals surface area contributed by atoms with Gasteiger partial charge in [-0.1, -0.05) is 53.9 Å². The zero-order valence-corrected chi connectivity index (χ0v) is 20.7. The van der Waals surface area contributed by atoms with Crippen molar-refractivity contribution in [2.45, 2.75) is 123 Å². The second-order valence-electron chi connectivity index (χ2n) is 13.2. The molecule has 2 heteroatoms. The lowest BCUT2D eigenvalue weighted by atomic mass is 9.44. The average molecular weight is 417 g/mol. The summed E-state index contributed by atoms with van der Waals surface area (Å²) < 4.78 is 12.5. The topological polar surface area (TPSA) is 21.8 Å². The van der Waals surface area contributed by atoms with E-state index in [9.17, 15) is 0 Å². The lowest BCUT2D eigenvalue weighted by Crippen LogP contribution is -2.58. The van der Waals surface area contributed by atoms with Crippen molar-refractivity contribution in [3.63, 3.8) is 0 Å². The molecule has 0 radical (unpaired) electrons. The first kappa shape index (κ1) is 21.7. The van der Waals surface area contributed by atoms with E-state index in [1.165, 1.54) is 64.2 Å². The summed E-state index contributed by atoms with van der Waals surface area (Å²) in [6.45, 7) is 12.7. The van der Waals surface area contributed by atoms with E-state index in [1.54, 1.807) is 0 Å². The van der Waals surface area contributed by atoms with Crippen molar-refractivity contribution in [1.29, 1.82) is 0 Å². The van der Waals surface area contributed by atoms with Gasteiger partial charge in [-0.25, -0.2) is 0 Å². The Morgan fingerprint density at radius 1 is 0.967 bits per heavy atom. The molecule has 1 spiro atoms. The summed E-state index contributed by atoms with van der Waals surface area (Å²) in [7, 11) is 1.90. The van der Waals surface area contributed by atoms with Gasteiger partial charge in [0.05, 0.1) is 12.2 Å².